The first-order chi connectivity index (χ1) is 8.13. The molecular weight excluding hydrogens is 228 g/mol. The molecule has 2 heterocycles. The molecule has 1 unspecified atom stereocenters. The van der Waals surface area contributed by atoms with Crippen LogP contribution in [0.25, 0.3) is 0 Å². The number of halogens is 2. The van der Waals surface area contributed by atoms with E-state index < -0.39 is 17.2 Å². The van der Waals surface area contributed by atoms with Crippen LogP contribution in [0.15, 0.2) is 12.1 Å². The quantitative estimate of drug-likeness (QED) is 0.749. The number of rotatable bonds is 0. The molecule has 0 bridgehead atoms. The lowest BCUT2D eigenvalue weighted by Gasteiger charge is -2.45. The highest BCUT2D eigenvalue weighted by Gasteiger charge is 2.47. The van der Waals surface area contributed by atoms with E-state index in [0.717, 1.165) is 12.1 Å². The van der Waals surface area contributed by atoms with E-state index in [4.69, 9.17) is 15.2 Å². The first-order valence-electron chi connectivity index (χ1n) is 5.61. The van der Waals surface area contributed by atoms with Crippen LogP contribution >= 0.6 is 0 Å². The molecule has 1 saturated heterocycles. The Kier molecular flexibility index (Phi) is 2.34. The Labute approximate surface area is 97.5 Å². The van der Waals surface area contributed by atoms with Gasteiger partial charge in [-0.15, -0.1) is 0 Å². The summed E-state index contributed by atoms with van der Waals surface area (Å²) in [6.07, 6.45) is 0.481. The Balaban J connectivity index is 2.19. The van der Waals surface area contributed by atoms with Gasteiger partial charge < -0.3 is 15.2 Å². The average molecular weight is 241 g/mol. The summed E-state index contributed by atoms with van der Waals surface area (Å²) >= 11 is 0. The van der Waals surface area contributed by atoms with Crippen LogP contribution in [0.4, 0.5) is 8.78 Å². The van der Waals surface area contributed by atoms with Gasteiger partial charge in [0.2, 0.25) is 0 Å². The van der Waals surface area contributed by atoms with Crippen LogP contribution in [0.3, 0.4) is 0 Å². The molecule has 5 heteroatoms. The molecule has 0 aromatic heterocycles. The minimum atomic E-state index is -0.877. The zero-order valence-corrected chi connectivity index (χ0v) is 9.21. The van der Waals surface area contributed by atoms with E-state index in [0.29, 0.717) is 19.6 Å². The van der Waals surface area contributed by atoms with E-state index in [1.54, 1.807) is 0 Å². The van der Waals surface area contributed by atoms with Gasteiger partial charge in [0.1, 0.15) is 5.82 Å². The smallest absolute Gasteiger partial charge is 0.165 e. The van der Waals surface area contributed by atoms with Gasteiger partial charge in [0, 0.05) is 12.5 Å². The highest BCUT2D eigenvalue weighted by Crippen LogP contribution is 2.45. The molecule has 0 radical (unpaired) electrons. The topological polar surface area (TPSA) is 44.5 Å². The van der Waals surface area contributed by atoms with E-state index in [1.807, 2.05) is 0 Å². The second-order valence-electron chi connectivity index (χ2n) is 4.61. The Morgan fingerprint density at radius 1 is 1.24 bits per heavy atom. The third kappa shape index (κ3) is 1.46. The second-order valence-corrected chi connectivity index (χ2v) is 4.61. The second kappa shape index (κ2) is 3.65. The normalized spacial score (nSPS) is 31.4. The van der Waals surface area contributed by atoms with Crippen LogP contribution < -0.4 is 10.5 Å². The van der Waals surface area contributed by atoms with Crippen LogP contribution in [0.2, 0.25) is 0 Å². The van der Waals surface area contributed by atoms with Crippen LogP contribution in [0.5, 0.6) is 5.75 Å². The monoisotopic (exact) mass is 241 g/mol. The Morgan fingerprint density at radius 2 is 2.00 bits per heavy atom. The van der Waals surface area contributed by atoms with Crippen LogP contribution in [0, 0.1) is 17.6 Å². The highest BCUT2D eigenvalue weighted by molar-refractivity contribution is 5.44. The maximum atomic E-state index is 13.9. The van der Waals surface area contributed by atoms with E-state index in [-0.39, 0.29) is 23.8 Å². The van der Waals surface area contributed by atoms with Crippen molar-refractivity contribution in [3.8, 4) is 5.75 Å². The molecule has 0 aliphatic carbocycles. The van der Waals surface area contributed by atoms with Crippen molar-refractivity contribution in [3.05, 3.63) is 29.3 Å². The van der Waals surface area contributed by atoms with Crippen LogP contribution in [-0.2, 0) is 10.3 Å². The molecular formula is C12H13F2NO2. The van der Waals surface area contributed by atoms with E-state index in [9.17, 15) is 8.78 Å². The molecule has 2 aliphatic rings. The average Bonchev–Trinajstić information content (AvgIpc) is 2.32. The number of hydrogen-bond donors (Lipinski definition) is 1. The van der Waals surface area contributed by atoms with Crippen LogP contribution in [-0.4, -0.2) is 19.8 Å². The fraction of sp³-hybridized carbons (Fsp3) is 0.500. The first kappa shape index (κ1) is 10.9. The maximum absolute atomic E-state index is 13.9. The maximum Gasteiger partial charge on any atom is 0.165 e. The van der Waals surface area contributed by atoms with Crippen molar-refractivity contribution >= 4 is 0 Å². The molecule has 92 valence electrons. The Morgan fingerprint density at radius 3 is 2.82 bits per heavy atom. The van der Waals surface area contributed by atoms with Crippen molar-refractivity contribution in [2.75, 3.05) is 19.8 Å². The molecule has 17 heavy (non-hydrogen) atoms. The van der Waals surface area contributed by atoms with Crippen molar-refractivity contribution in [3.63, 3.8) is 0 Å². The summed E-state index contributed by atoms with van der Waals surface area (Å²) in [6, 6.07) is 2.17. The summed E-state index contributed by atoms with van der Waals surface area (Å²) in [7, 11) is 0. The number of nitrogens with two attached hydrogens (primary N) is 1. The van der Waals surface area contributed by atoms with E-state index >= 15 is 0 Å². The molecule has 1 aromatic carbocycles. The van der Waals surface area contributed by atoms with Gasteiger partial charge in [-0.2, -0.15) is 0 Å². The molecule has 0 saturated carbocycles. The van der Waals surface area contributed by atoms with Crippen molar-refractivity contribution in [2.45, 2.75) is 12.0 Å². The first-order valence-corrected chi connectivity index (χ1v) is 5.61. The summed E-state index contributed by atoms with van der Waals surface area (Å²) in [5.74, 6) is -1.22. The van der Waals surface area contributed by atoms with E-state index in [1.165, 1.54) is 0 Å². The van der Waals surface area contributed by atoms with Gasteiger partial charge in [0.25, 0.3) is 0 Å². The molecule has 3 nitrogen and oxygen atoms in total. The SMILES string of the molecule is N[C@@]12CCOCC1COc1c(F)ccc(F)c12. The standard InChI is InChI=1S/C12H13F2NO2/c13-8-1-2-9(14)11-10(8)12(15)3-4-16-5-7(12)6-17-11/h1-2,7H,3-6,15H2/t7?,12-/m0/s1. The lowest BCUT2D eigenvalue weighted by atomic mass is 9.74. The summed E-state index contributed by atoms with van der Waals surface area (Å²) in [5.41, 5.74) is 5.57. The van der Waals surface area contributed by atoms with Crippen molar-refractivity contribution in [1.82, 2.24) is 0 Å². The Hall–Kier alpha value is -1.20. The van der Waals surface area contributed by atoms with Gasteiger partial charge in [0.05, 0.1) is 24.3 Å². The van der Waals surface area contributed by atoms with Crippen molar-refractivity contribution in [1.29, 1.82) is 0 Å². The predicted octanol–water partition coefficient (Wildman–Crippen LogP) is 1.55. The van der Waals surface area contributed by atoms with Crippen LogP contribution in [0.1, 0.15) is 12.0 Å². The predicted molar refractivity (Wildman–Crippen MR) is 56.6 cm³/mol. The zero-order chi connectivity index (χ0) is 12.0. The third-order valence-corrected chi connectivity index (χ3v) is 3.66. The largest absolute Gasteiger partial charge is 0.490 e. The zero-order valence-electron chi connectivity index (χ0n) is 9.21. The lowest BCUT2D eigenvalue weighted by Crippen LogP contribution is -2.55. The van der Waals surface area contributed by atoms with Gasteiger partial charge >= 0.3 is 0 Å². The molecule has 0 spiro atoms. The minimum Gasteiger partial charge on any atom is -0.490 e. The summed E-state index contributed by atoms with van der Waals surface area (Å²) in [5, 5.41) is 0. The molecule has 2 atom stereocenters. The summed E-state index contributed by atoms with van der Waals surface area (Å²) < 4.78 is 38.1. The molecule has 1 fully saturated rings. The minimum absolute atomic E-state index is 0.0364. The summed E-state index contributed by atoms with van der Waals surface area (Å²) in [4.78, 5) is 0. The Bertz CT molecular complexity index is 466. The number of ether oxygens (including phenoxy) is 2. The lowest BCUT2D eigenvalue weighted by molar-refractivity contribution is -0.0333. The molecule has 2 N–H and O–H groups in total. The fourth-order valence-electron chi connectivity index (χ4n) is 2.64. The van der Waals surface area contributed by atoms with Gasteiger partial charge in [0.15, 0.2) is 11.6 Å². The number of benzene rings is 1. The van der Waals surface area contributed by atoms with Gasteiger partial charge in [-0.05, 0) is 18.6 Å². The van der Waals surface area contributed by atoms with Crippen molar-refractivity contribution < 1.29 is 18.3 Å². The molecule has 3 rings (SSSR count). The van der Waals surface area contributed by atoms with E-state index in [2.05, 4.69) is 0 Å². The number of hydrogen-bond acceptors (Lipinski definition) is 3. The summed E-state index contributed by atoms with van der Waals surface area (Å²) in [6.45, 7) is 1.15. The number of fused-ring (bicyclic) bond motifs is 3. The molecule has 2 aliphatic heterocycles. The van der Waals surface area contributed by atoms with Gasteiger partial charge in [-0.1, -0.05) is 0 Å². The van der Waals surface area contributed by atoms with Gasteiger partial charge in [-0.25, -0.2) is 8.78 Å². The third-order valence-electron chi connectivity index (χ3n) is 3.66. The fourth-order valence-corrected chi connectivity index (χ4v) is 2.64. The van der Waals surface area contributed by atoms with Gasteiger partial charge in [-0.3, -0.25) is 0 Å². The molecule has 0 amide bonds. The highest BCUT2D eigenvalue weighted by atomic mass is 19.1. The van der Waals surface area contributed by atoms with Crippen molar-refractivity contribution in [2.24, 2.45) is 11.7 Å². The molecule has 1 aromatic rings.